The second kappa shape index (κ2) is 4.50. The quantitative estimate of drug-likeness (QED) is 0.826. The summed E-state index contributed by atoms with van der Waals surface area (Å²) in [6.07, 6.45) is 3.39. The molecule has 77 valence electrons. The first kappa shape index (κ1) is 9.58. The van der Waals surface area contributed by atoms with Gasteiger partial charge in [0.2, 0.25) is 0 Å². The van der Waals surface area contributed by atoms with Gasteiger partial charge < -0.3 is 9.73 Å². The van der Waals surface area contributed by atoms with Crippen molar-refractivity contribution in [2.24, 2.45) is 0 Å². The maximum absolute atomic E-state index is 5.21. The van der Waals surface area contributed by atoms with Crippen LogP contribution in [-0.2, 0) is 6.54 Å². The van der Waals surface area contributed by atoms with Gasteiger partial charge in [0, 0.05) is 13.2 Å². The van der Waals surface area contributed by atoms with Gasteiger partial charge >= 0.3 is 0 Å². The molecule has 0 aliphatic carbocycles. The van der Waals surface area contributed by atoms with E-state index in [0.29, 0.717) is 6.54 Å². The minimum absolute atomic E-state index is 0.618. The monoisotopic (exact) mass is 202 g/mol. The predicted molar refractivity (Wildman–Crippen MR) is 58.0 cm³/mol. The molecule has 4 nitrogen and oxygen atoms in total. The number of nitrogens with one attached hydrogen (secondary N) is 1. The molecule has 0 spiro atoms. The van der Waals surface area contributed by atoms with E-state index in [1.807, 2.05) is 24.3 Å². The minimum atomic E-state index is 0.618. The third-order valence-electron chi connectivity index (χ3n) is 2.04. The van der Waals surface area contributed by atoms with E-state index >= 15 is 0 Å². The van der Waals surface area contributed by atoms with Crippen molar-refractivity contribution in [2.75, 3.05) is 12.4 Å². The second-order valence-corrected chi connectivity index (χ2v) is 3.03. The Labute approximate surface area is 88.3 Å². The Morgan fingerprint density at radius 3 is 3.07 bits per heavy atom. The van der Waals surface area contributed by atoms with E-state index in [0.717, 1.165) is 17.3 Å². The molecule has 0 unspecified atom stereocenters. The molecule has 2 heterocycles. The van der Waals surface area contributed by atoms with Gasteiger partial charge in [-0.25, -0.2) is 4.98 Å². The van der Waals surface area contributed by atoms with Crippen molar-refractivity contribution >= 4 is 11.5 Å². The lowest BCUT2D eigenvalue weighted by atomic mass is 10.3. The number of rotatable bonds is 4. The molecule has 2 aromatic heterocycles. The van der Waals surface area contributed by atoms with Crippen LogP contribution in [0.3, 0.4) is 0 Å². The van der Waals surface area contributed by atoms with Crippen LogP contribution < -0.4 is 10.6 Å². The topological polar surface area (TPSA) is 52.2 Å². The summed E-state index contributed by atoms with van der Waals surface area (Å²) in [7, 11) is 1.75. The van der Waals surface area contributed by atoms with Gasteiger partial charge in [-0.1, -0.05) is 0 Å². The zero-order chi connectivity index (χ0) is 10.5. The summed E-state index contributed by atoms with van der Waals surface area (Å²) in [6, 6.07) is 7.55. The summed E-state index contributed by atoms with van der Waals surface area (Å²) >= 11 is 0. The average Bonchev–Trinajstić information content (AvgIpc) is 2.79. The highest BCUT2D eigenvalue weighted by atomic mass is 16.3. The SMILES string of the molecule is C[N]c1cccnc1NCc1ccco1. The molecule has 0 aromatic carbocycles. The summed E-state index contributed by atoms with van der Waals surface area (Å²) in [5, 5.41) is 7.28. The molecule has 0 aliphatic heterocycles. The number of hydrogen-bond donors (Lipinski definition) is 1. The van der Waals surface area contributed by atoms with Crippen LogP contribution in [-0.4, -0.2) is 12.0 Å². The Kier molecular flexibility index (Phi) is 2.88. The van der Waals surface area contributed by atoms with Crippen molar-refractivity contribution in [3.05, 3.63) is 42.5 Å². The highest BCUT2D eigenvalue weighted by Crippen LogP contribution is 2.17. The van der Waals surface area contributed by atoms with Crippen LogP contribution >= 0.6 is 0 Å². The van der Waals surface area contributed by atoms with Crippen LogP contribution in [0.15, 0.2) is 41.1 Å². The Balaban J connectivity index is 2.04. The first-order valence-corrected chi connectivity index (χ1v) is 4.71. The largest absolute Gasteiger partial charge is 0.467 e. The van der Waals surface area contributed by atoms with E-state index in [-0.39, 0.29) is 0 Å². The van der Waals surface area contributed by atoms with E-state index in [1.165, 1.54) is 0 Å². The average molecular weight is 202 g/mol. The fourth-order valence-electron chi connectivity index (χ4n) is 1.30. The number of furan rings is 1. The maximum Gasteiger partial charge on any atom is 0.151 e. The molecule has 2 rings (SSSR count). The van der Waals surface area contributed by atoms with Gasteiger partial charge in [-0.05, 0) is 24.3 Å². The maximum atomic E-state index is 5.21. The van der Waals surface area contributed by atoms with Crippen molar-refractivity contribution in [1.29, 1.82) is 0 Å². The van der Waals surface area contributed by atoms with Crippen LogP contribution in [0.5, 0.6) is 0 Å². The number of hydrogen-bond acceptors (Lipinski definition) is 3. The highest BCUT2D eigenvalue weighted by molar-refractivity contribution is 5.58. The third kappa shape index (κ3) is 2.28. The number of aromatic nitrogens is 1. The van der Waals surface area contributed by atoms with Crippen molar-refractivity contribution in [1.82, 2.24) is 10.3 Å². The lowest BCUT2D eigenvalue weighted by Crippen LogP contribution is -2.03. The van der Waals surface area contributed by atoms with E-state index < -0.39 is 0 Å². The summed E-state index contributed by atoms with van der Waals surface area (Å²) in [5.74, 6) is 1.65. The van der Waals surface area contributed by atoms with Gasteiger partial charge in [0.15, 0.2) is 5.82 Å². The Bertz CT molecular complexity index is 412. The predicted octanol–water partition coefficient (Wildman–Crippen LogP) is 2.15. The lowest BCUT2D eigenvalue weighted by Gasteiger charge is -2.07. The van der Waals surface area contributed by atoms with Gasteiger partial charge in [0.25, 0.3) is 0 Å². The summed E-state index contributed by atoms with van der Waals surface area (Å²) in [5.41, 5.74) is 0.851. The van der Waals surface area contributed by atoms with E-state index in [2.05, 4.69) is 15.6 Å². The van der Waals surface area contributed by atoms with Crippen LogP contribution in [0.25, 0.3) is 0 Å². The molecule has 0 saturated heterocycles. The van der Waals surface area contributed by atoms with E-state index in [9.17, 15) is 0 Å². The number of pyridine rings is 1. The first-order valence-electron chi connectivity index (χ1n) is 4.71. The van der Waals surface area contributed by atoms with Gasteiger partial charge in [-0.2, -0.15) is 0 Å². The van der Waals surface area contributed by atoms with Crippen LogP contribution in [0, 0.1) is 0 Å². The van der Waals surface area contributed by atoms with Gasteiger partial charge in [-0.3, -0.25) is 5.32 Å². The molecule has 0 aliphatic rings. The van der Waals surface area contributed by atoms with Crippen LogP contribution in [0.2, 0.25) is 0 Å². The third-order valence-corrected chi connectivity index (χ3v) is 2.04. The molecule has 4 heteroatoms. The van der Waals surface area contributed by atoms with Gasteiger partial charge in [-0.15, -0.1) is 0 Å². The molecule has 0 atom stereocenters. The highest BCUT2D eigenvalue weighted by Gasteiger charge is 2.02. The zero-order valence-electron chi connectivity index (χ0n) is 8.47. The lowest BCUT2D eigenvalue weighted by molar-refractivity contribution is 0.518. The number of nitrogens with zero attached hydrogens (tertiary/aromatic N) is 2. The molecule has 1 N–H and O–H groups in total. The molecule has 0 bridgehead atoms. The fourth-order valence-corrected chi connectivity index (χ4v) is 1.30. The van der Waals surface area contributed by atoms with E-state index in [1.54, 1.807) is 19.5 Å². The van der Waals surface area contributed by atoms with Crippen LogP contribution in [0.1, 0.15) is 5.76 Å². The molecular formula is C11H12N3O. The molecule has 15 heavy (non-hydrogen) atoms. The van der Waals surface area contributed by atoms with Crippen molar-refractivity contribution in [3.63, 3.8) is 0 Å². The fraction of sp³-hybridized carbons (Fsp3) is 0.182. The summed E-state index contributed by atoms with van der Waals surface area (Å²) in [6.45, 7) is 0.618. The number of anilines is 1. The van der Waals surface area contributed by atoms with E-state index in [4.69, 9.17) is 4.42 Å². The zero-order valence-corrected chi connectivity index (χ0v) is 8.47. The molecule has 0 saturated carbocycles. The normalized spacial score (nSPS) is 9.93. The Morgan fingerprint density at radius 1 is 1.40 bits per heavy atom. The minimum Gasteiger partial charge on any atom is -0.467 e. The van der Waals surface area contributed by atoms with Crippen molar-refractivity contribution < 1.29 is 4.42 Å². The van der Waals surface area contributed by atoms with Crippen molar-refractivity contribution in [2.45, 2.75) is 6.54 Å². The summed E-state index contributed by atoms with van der Waals surface area (Å²) in [4.78, 5) is 4.20. The summed E-state index contributed by atoms with van der Waals surface area (Å²) < 4.78 is 5.21. The van der Waals surface area contributed by atoms with Gasteiger partial charge in [0.05, 0.1) is 18.5 Å². The molecule has 0 fully saturated rings. The molecule has 2 aromatic rings. The second-order valence-electron chi connectivity index (χ2n) is 3.03. The molecule has 1 radical (unpaired) electrons. The first-order chi connectivity index (χ1) is 7.40. The van der Waals surface area contributed by atoms with Gasteiger partial charge in [0.1, 0.15) is 5.76 Å². The molecular weight excluding hydrogens is 190 g/mol. The molecule has 0 amide bonds. The van der Waals surface area contributed by atoms with Crippen molar-refractivity contribution in [3.8, 4) is 0 Å². The van der Waals surface area contributed by atoms with Crippen LogP contribution in [0.4, 0.5) is 11.5 Å². The smallest absolute Gasteiger partial charge is 0.151 e. The standard InChI is InChI=1S/C11H12N3O/c1-12-10-5-2-6-13-11(10)14-8-9-4-3-7-15-9/h2-7H,8H2,1H3,(H,13,14). The Morgan fingerprint density at radius 2 is 2.33 bits per heavy atom. The Hall–Kier alpha value is -1.97.